The number of benzene rings is 3. The molecule has 5 nitrogen and oxygen atoms in total. The molecule has 1 amide bonds. The van der Waals surface area contributed by atoms with E-state index in [1.54, 1.807) is 42.5 Å². The first kappa shape index (κ1) is 20.4. The standard InChI is InChI=1S/C23H21ClN2O3S/c1-26(20-10-3-2-4-11-20)30(28,29)21-12-6-9-19(16-21)25-22(27)23(13-14-23)17-7-5-8-18(24)15-17/h2-12,15-16H,13-14H2,1H3,(H,25,27). The Kier molecular flexibility index (Phi) is 5.30. The number of amides is 1. The van der Waals surface area contributed by atoms with Crippen molar-refractivity contribution in [3.8, 4) is 0 Å². The van der Waals surface area contributed by atoms with Crippen LogP contribution < -0.4 is 9.62 Å². The zero-order valence-electron chi connectivity index (χ0n) is 16.4. The zero-order chi connectivity index (χ0) is 21.4. The first-order chi connectivity index (χ1) is 14.3. The summed E-state index contributed by atoms with van der Waals surface area (Å²) < 4.78 is 27.3. The smallest absolute Gasteiger partial charge is 0.264 e. The Morgan fingerprint density at radius 1 is 0.967 bits per heavy atom. The molecule has 1 aliphatic carbocycles. The number of nitrogens with zero attached hydrogens (tertiary/aromatic N) is 1. The summed E-state index contributed by atoms with van der Waals surface area (Å²) in [4.78, 5) is 13.1. The quantitative estimate of drug-likeness (QED) is 0.596. The van der Waals surface area contributed by atoms with Crippen LogP contribution in [0.25, 0.3) is 0 Å². The van der Waals surface area contributed by atoms with Crippen LogP contribution in [0.1, 0.15) is 18.4 Å². The van der Waals surface area contributed by atoms with Crippen molar-refractivity contribution in [3.05, 3.63) is 89.4 Å². The van der Waals surface area contributed by atoms with Gasteiger partial charge >= 0.3 is 0 Å². The fourth-order valence-corrected chi connectivity index (χ4v) is 4.91. The number of para-hydroxylation sites is 1. The van der Waals surface area contributed by atoms with Gasteiger partial charge in [-0.3, -0.25) is 9.10 Å². The molecule has 1 aliphatic rings. The second kappa shape index (κ2) is 7.78. The molecule has 3 aromatic rings. The van der Waals surface area contributed by atoms with Crippen molar-refractivity contribution in [1.82, 2.24) is 0 Å². The molecular formula is C23H21ClN2O3S. The Bertz CT molecular complexity index is 1190. The van der Waals surface area contributed by atoms with Crippen molar-refractivity contribution in [2.24, 2.45) is 0 Å². The van der Waals surface area contributed by atoms with Crippen molar-refractivity contribution in [2.45, 2.75) is 23.2 Å². The van der Waals surface area contributed by atoms with Gasteiger partial charge in [-0.05, 0) is 60.9 Å². The molecule has 0 bridgehead atoms. The van der Waals surface area contributed by atoms with Crippen LogP contribution in [0.2, 0.25) is 5.02 Å². The molecule has 0 aliphatic heterocycles. The van der Waals surface area contributed by atoms with E-state index in [9.17, 15) is 13.2 Å². The summed E-state index contributed by atoms with van der Waals surface area (Å²) >= 11 is 6.09. The molecule has 3 aromatic carbocycles. The van der Waals surface area contributed by atoms with E-state index in [0.717, 1.165) is 18.4 Å². The van der Waals surface area contributed by atoms with Gasteiger partial charge in [-0.1, -0.05) is 48.0 Å². The summed E-state index contributed by atoms with van der Waals surface area (Å²) in [5, 5.41) is 3.48. The van der Waals surface area contributed by atoms with E-state index < -0.39 is 15.4 Å². The third-order valence-electron chi connectivity index (χ3n) is 5.43. The molecule has 1 N–H and O–H groups in total. The fraction of sp³-hybridized carbons (Fsp3) is 0.174. The number of carbonyl (C=O) groups excluding carboxylic acids is 1. The Morgan fingerprint density at radius 3 is 2.33 bits per heavy atom. The van der Waals surface area contributed by atoms with Crippen LogP contribution in [0.4, 0.5) is 11.4 Å². The third kappa shape index (κ3) is 3.80. The van der Waals surface area contributed by atoms with Crippen LogP contribution in [0, 0.1) is 0 Å². The average molecular weight is 441 g/mol. The van der Waals surface area contributed by atoms with E-state index in [4.69, 9.17) is 11.6 Å². The molecule has 0 spiro atoms. The number of carbonyl (C=O) groups is 1. The minimum Gasteiger partial charge on any atom is -0.325 e. The highest BCUT2D eigenvalue weighted by molar-refractivity contribution is 7.92. The van der Waals surface area contributed by atoms with E-state index in [1.807, 2.05) is 24.3 Å². The second-order valence-corrected chi connectivity index (χ2v) is 9.79. The summed E-state index contributed by atoms with van der Waals surface area (Å²) in [7, 11) is -2.26. The summed E-state index contributed by atoms with van der Waals surface area (Å²) in [6.07, 6.45) is 1.46. The van der Waals surface area contributed by atoms with Crippen LogP contribution in [0.3, 0.4) is 0 Å². The predicted octanol–water partition coefficient (Wildman–Crippen LogP) is 4.84. The van der Waals surface area contributed by atoms with Gasteiger partial charge in [0.25, 0.3) is 10.0 Å². The molecule has 1 fully saturated rings. The van der Waals surface area contributed by atoms with Crippen molar-refractivity contribution in [2.75, 3.05) is 16.7 Å². The molecule has 4 rings (SSSR count). The Balaban J connectivity index is 1.58. The number of sulfonamides is 1. The lowest BCUT2D eigenvalue weighted by molar-refractivity contribution is -0.118. The maximum absolute atomic E-state index is 13.0. The molecule has 1 saturated carbocycles. The number of hydrogen-bond acceptors (Lipinski definition) is 3. The Morgan fingerprint density at radius 2 is 1.67 bits per heavy atom. The third-order valence-corrected chi connectivity index (χ3v) is 7.45. The fourth-order valence-electron chi connectivity index (χ4n) is 3.48. The van der Waals surface area contributed by atoms with E-state index in [0.29, 0.717) is 16.4 Å². The van der Waals surface area contributed by atoms with Gasteiger partial charge in [-0.25, -0.2) is 8.42 Å². The molecule has 7 heteroatoms. The summed E-state index contributed by atoms with van der Waals surface area (Å²) in [6.45, 7) is 0. The summed E-state index contributed by atoms with van der Waals surface area (Å²) in [5.74, 6) is -0.157. The van der Waals surface area contributed by atoms with Gasteiger partial charge in [-0.15, -0.1) is 0 Å². The highest BCUT2D eigenvalue weighted by Crippen LogP contribution is 2.49. The maximum atomic E-state index is 13.0. The SMILES string of the molecule is CN(c1ccccc1)S(=O)(=O)c1cccc(NC(=O)C2(c3cccc(Cl)c3)CC2)c1. The predicted molar refractivity (Wildman–Crippen MR) is 119 cm³/mol. The van der Waals surface area contributed by atoms with E-state index in [2.05, 4.69) is 5.32 Å². The number of halogens is 1. The molecule has 0 unspecified atom stereocenters. The van der Waals surface area contributed by atoms with Crippen LogP contribution in [0.15, 0.2) is 83.8 Å². The Hall–Kier alpha value is -2.83. The largest absolute Gasteiger partial charge is 0.325 e. The van der Waals surface area contributed by atoms with Crippen molar-refractivity contribution in [1.29, 1.82) is 0 Å². The van der Waals surface area contributed by atoms with E-state index >= 15 is 0 Å². The number of anilines is 2. The molecule has 0 atom stereocenters. The van der Waals surface area contributed by atoms with Crippen molar-refractivity contribution < 1.29 is 13.2 Å². The summed E-state index contributed by atoms with van der Waals surface area (Å²) in [5.41, 5.74) is 1.27. The molecule has 154 valence electrons. The van der Waals surface area contributed by atoms with Gasteiger partial charge in [0.05, 0.1) is 16.0 Å². The van der Waals surface area contributed by atoms with Gasteiger partial charge in [0.15, 0.2) is 0 Å². The minimum atomic E-state index is -3.76. The van der Waals surface area contributed by atoms with Gasteiger partial charge < -0.3 is 5.32 Å². The topological polar surface area (TPSA) is 66.5 Å². The van der Waals surface area contributed by atoms with Crippen LogP contribution in [-0.4, -0.2) is 21.4 Å². The van der Waals surface area contributed by atoms with Gasteiger partial charge in [0.1, 0.15) is 0 Å². The number of hydrogen-bond donors (Lipinski definition) is 1. The van der Waals surface area contributed by atoms with Crippen molar-refractivity contribution in [3.63, 3.8) is 0 Å². The average Bonchev–Trinajstić information content (AvgIpc) is 3.56. The minimum absolute atomic E-state index is 0.110. The lowest BCUT2D eigenvalue weighted by Crippen LogP contribution is -2.28. The molecular weight excluding hydrogens is 420 g/mol. The van der Waals surface area contributed by atoms with Crippen LogP contribution in [-0.2, 0) is 20.2 Å². The maximum Gasteiger partial charge on any atom is 0.264 e. The van der Waals surface area contributed by atoms with Gasteiger partial charge in [0, 0.05) is 17.8 Å². The molecule has 0 aromatic heterocycles. The first-order valence-electron chi connectivity index (χ1n) is 9.54. The second-order valence-electron chi connectivity index (χ2n) is 7.38. The molecule has 0 heterocycles. The number of nitrogens with one attached hydrogen (secondary N) is 1. The number of rotatable bonds is 6. The van der Waals surface area contributed by atoms with E-state index in [1.165, 1.54) is 23.5 Å². The Labute approximate surface area is 181 Å². The highest BCUT2D eigenvalue weighted by Gasteiger charge is 2.51. The first-order valence-corrected chi connectivity index (χ1v) is 11.4. The molecule has 0 radical (unpaired) electrons. The summed E-state index contributed by atoms with van der Waals surface area (Å²) in [6, 6.07) is 22.5. The monoisotopic (exact) mass is 440 g/mol. The normalized spacial score (nSPS) is 14.7. The van der Waals surface area contributed by atoms with E-state index in [-0.39, 0.29) is 10.8 Å². The van der Waals surface area contributed by atoms with Crippen molar-refractivity contribution >= 4 is 38.9 Å². The van der Waals surface area contributed by atoms with Gasteiger partial charge in [-0.2, -0.15) is 0 Å². The zero-order valence-corrected chi connectivity index (χ0v) is 18.0. The lowest BCUT2D eigenvalue weighted by atomic mass is 9.95. The van der Waals surface area contributed by atoms with Crippen LogP contribution >= 0.6 is 11.6 Å². The van der Waals surface area contributed by atoms with Gasteiger partial charge in [0.2, 0.25) is 5.91 Å². The molecule has 0 saturated heterocycles. The van der Waals surface area contributed by atoms with Crippen LogP contribution in [0.5, 0.6) is 0 Å². The molecule has 30 heavy (non-hydrogen) atoms. The lowest BCUT2D eigenvalue weighted by Gasteiger charge is -2.20. The highest BCUT2D eigenvalue weighted by atomic mass is 35.5.